The van der Waals surface area contributed by atoms with E-state index in [2.05, 4.69) is 22.6 Å². The number of rotatable bonds is 2. The zero-order valence-corrected chi connectivity index (χ0v) is 11.9. The number of aromatic nitrogens is 1. The van der Waals surface area contributed by atoms with Crippen LogP contribution in [0.3, 0.4) is 0 Å². The maximum absolute atomic E-state index is 10.1. The van der Waals surface area contributed by atoms with Crippen LogP contribution in [0.2, 0.25) is 0 Å². The Balaban J connectivity index is 2.73. The molecule has 0 aliphatic carbocycles. The average molecular weight is 343 g/mol. The van der Waals surface area contributed by atoms with E-state index >= 15 is 0 Å². The maximum Gasteiger partial charge on any atom is 0.202 e. The number of aryl methyl sites for hydroxylation is 2. The van der Waals surface area contributed by atoms with E-state index in [0.717, 1.165) is 22.4 Å². The molecule has 0 saturated carbocycles. The molecule has 90 valence electrons. The lowest BCUT2D eigenvalue weighted by Crippen LogP contribution is -1.99. The van der Waals surface area contributed by atoms with Gasteiger partial charge in [0.1, 0.15) is 0 Å². The van der Waals surface area contributed by atoms with Crippen LogP contribution in [0.25, 0.3) is 5.69 Å². The van der Waals surface area contributed by atoms with Crippen molar-refractivity contribution >= 4 is 22.6 Å². The first kappa shape index (κ1) is 12.3. The van der Waals surface area contributed by atoms with Crippen molar-refractivity contribution in [1.82, 2.24) is 4.57 Å². The highest BCUT2D eigenvalue weighted by molar-refractivity contribution is 14.1. The molecular formula is C13H14INO2. The van der Waals surface area contributed by atoms with Gasteiger partial charge in [-0.25, -0.2) is 0 Å². The van der Waals surface area contributed by atoms with Crippen LogP contribution in [-0.2, 0) is 4.43 Å². The van der Waals surface area contributed by atoms with Crippen molar-refractivity contribution in [3.8, 4) is 17.4 Å². The fourth-order valence-electron chi connectivity index (χ4n) is 2.01. The standard InChI is InChI=1S/C13H14INO2/c1-8-4-3-5-9(2)12(8)15-11(16)6-10(7-14)13(15)17/h3-6,16-17H,7H2,1-2H3. The fraction of sp³-hybridized carbons (Fsp3) is 0.231. The molecule has 0 bridgehead atoms. The van der Waals surface area contributed by atoms with E-state index in [4.69, 9.17) is 0 Å². The summed E-state index contributed by atoms with van der Waals surface area (Å²) in [6.45, 7) is 3.93. The minimum absolute atomic E-state index is 0.0755. The highest BCUT2D eigenvalue weighted by Crippen LogP contribution is 2.35. The van der Waals surface area contributed by atoms with Crippen molar-refractivity contribution in [2.75, 3.05) is 0 Å². The molecule has 3 nitrogen and oxygen atoms in total. The molecule has 4 heteroatoms. The zero-order chi connectivity index (χ0) is 12.6. The second-order valence-corrected chi connectivity index (χ2v) is 4.82. The summed E-state index contributed by atoms with van der Waals surface area (Å²) in [7, 11) is 0. The Morgan fingerprint density at radius 3 is 2.24 bits per heavy atom. The van der Waals surface area contributed by atoms with E-state index in [1.54, 1.807) is 6.07 Å². The summed E-state index contributed by atoms with van der Waals surface area (Å²) < 4.78 is 2.16. The Kier molecular flexibility index (Phi) is 3.33. The van der Waals surface area contributed by atoms with Crippen molar-refractivity contribution in [3.63, 3.8) is 0 Å². The van der Waals surface area contributed by atoms with Crippen molar-refractivity contribution < 1.29 is 10.2 Å². The van der Waals surface area contributed by atoms with Gasteiger partial charge in [-0.15, -0.1) is 0 Å². The molecule has 0 atom stereocenters. The van der Waals surface area contributed by atoms with Gasteiger partial charge in [-0.1, -0.05) is 40.8 Å². The van der Waals surface area contributed by atoms with Gasteiger partial charge in [0.2, 0.25) is 5.88 Å². The number of nitrogens with zero attached hydrogens (tertiary/aromatic N) is 1. The predicted octanol–water partition coefficient (Wildman–Crippen LogP) is 3.44. The summed E-state index contributed by atoms with van der Waals surface area (Å²) in [6, 6.07) is 7.49. The van der Waals surface area contributed by atoms with Gasteiger partial charge >= 0.3 is 0 Å². The van der Waals surface area contributed by atoms with Crippen molar-refractivity contribution in [2.24, 2.45) is 0 Å². The van der Waals surface area contributed by atoms with Crippen LogP contribution >= 0.6 is 22.6 Å². The van der Waals surface area contributed by atoms with E-state index in [1.807, 2.05) is 32.0 Å². The van der Waals surface area contributed by atoms with E-state index in [-0.39, 0.29) is 11.8 Å². The summed E-state index contributed by atoms with van der Waals surface area (Å²) in [5, 5.41) is 20.1. The Bertz CT molecular complexity index is 541. The van der Waals surface area contributed by atoms with Gasteiger partial charge in [-0.2, -0.15) is 0 Å². The highest BCUT2D eigenvalue weighted by atomic mass is 127. The van der Waals surface area contributed by atoms with Gasteiger partial charge in [-0.05, 0) is 25.0 Å². The van der Waals surface area contributed by atoms with Gasteiger partial charge in [0.05, 0.1) is 5.69 Å². The summed E-state index contributed by atoms with van der Waals surface area (Å²) in [5.74, 6) is 0.195. The van der Waals surface area contributed by atoms with Gasteiger partial charge in [0.15, 0.2) is 5.88 Å². The SMILES string of the molecule is Cc1cccc(C)c1-n1c(O)cc(CI)c1O. The van der Waals surface area contributed by atoms with Crippen LogP contribution in [0.4, 0.5) is 0 Å². The summed E-state index contributed by atoms with van der Waals surface area (Å²) in [6.07, 6.45) is 0. The lowest BCUT2D eigenvalue weighted by atomic mass is 10.1. The van der Waals surface area contributed by atoms with E-state index in [1.165, 1.54) is 4.57 Å². The van der Waals surface area contributed by atoms with Crippen LogP contribution in [0.5, 0.6) is 11.8 Å². The molecule has 0 amide bonds. The van der Waals surface area contributed by atoms with Crippen LogP contribution in [0.1, 0.15) is 16.7 Å². The van der Waals surface area contributed by atoms with Gasteiger partial charge in [-0.3, -0.25) is 4.57 Å². The topological polar surface area (TPSA) is 45.4 Å². The molecule has 1 heterocycles. The number of halogens is 1. The minimum atomic E-state index is 0.0755. The van der Waals surface area contributed by atoms with E-state index < -0.39 is 0 Å². The molecule has 0 unspecified atom stereocenters. The number of aromatic hydroxyl groups is 2. The van der Waals surface area contributed by atoms with Crippen LogP contribution in [0, 0.1) is 13.8 Å². The van der Waals surface area contributed by atoms with E-state index in [0.29, 0.717) is 4.43 Å². The molecule has 0 aliphatic rings. The summed E-state index contributed by atoms with van der Waals surface area (Å²) in [4.78, 5) is 0. The Morgan fingerprint density at radius 1 is 1.18 bits per heavy atom. The Labute approximate surface area is 114 Å². The molecule has 0 fully saturated rings. The maximum atomic E-state index is 10.1. The van der Waals surface area contributed by atoms with Crippen molar-refractivity contribution in [3.05, 3.63) is 41.0 Å². The molecule has 0 radical (unpaired) electrons. The number of hydrogen-bond donors (Lipinski definition) is 2. The zero-order valence-electron chi connectivity index (χ0n) is 9.74. The minimum Gasteiger partial charge on any atom is -0.494 e. The molecule has 0 saturated heterocycles. The quantitative estimate of drug-likeness (QED) is 0.648. The first-order valence-corrected chi connectivity index (χ1v) is 6.84. The van der Waals surface area contributed by atoms with Gasteiger partial charge in [0.25, 0.3) is 0 Å². The molecule has 2 aromatic rings. The largest absolute Gasteiger partial charge is 0.494 e. The predicted molar refractivity (Wildman–Crippen MR) is 76.3 cm³/mol. The lowest BCUT2D eigenvalue weighted by molar-refractivity contribution is 0.400. The molecule has 17 heavy (non-hydrogen) atoms. The number of para-hydroxylation sites is 1. The molecule has 1 aromatic carbocycles. The smallest absolute Gasteiger partial charge is 0.202 e. The number of alkyl halides is 1. The third kappa shape index (κ3) is 2.01. The average Bonchev–Trinajstić information content (AvgIpc) is 2.56. The lowest BCUT2D eigenvalue weighted by Gasteiger charge is -2.13. The fourth-order valence-corrected chi connectivity index (χ4v) is 2.58. The highest BCUT2D eigenvalue weighted by Gasteiger charge is 2.17. The second kappa shape index (κ2) is 4.60. The molecular weight excluding hydrogens is 329 g/mol. The van der Waals surface area contributed by atoms with Crippen molar-refractivity contribution in [2.45, 2.75) is 18.3 Å². The third-order valence-corrected chi connectivity index (χ3v) is 3.66. The molecule has 2 N–H and O–H groups in total. The monoisotopic (exact) mass is 343 g/mol. The number of hydrogen-bond acceptors (Lipinski definition) is 2. The Hall–Kier alpha value is -1.17. The van der Waals surface area contributed by atoms with Crippen LogP contribution < -0.4 is 0 Å². The summed E-state index contributed by atoms with van der Waals surface area (Å²) in [5.41, 5.74) is 3.63. The van der Waals surface area contributed by atoms with Crippen LogP contribution in [-0.4, -0.2) is 14.8 Å². The van der Waals surface area contributed by atoms with Gasteiger partial charge in [0, 0.05) is 16.1 Å². The van der Waals surface area contributed by atoms with Crippen molar-refractivity contribution in [1.29, 1.82) is 0 Å². The molecule has 0 aliphatic heterocycles. The number of benzene rings is 1. The molecule has 1 aromatic heterocycles. The van der Waals surface area contributed by atoms with Gasteiger partial charge < -0.3 is 10.2 Å². The van der Waals surface area contributed by atoms with E-state index in [9.17, 15) is 10.2 Å². The first-order chi connectivity index (χ1) is 8.06. The third-order valence-electron chi connectivity index (χ3n) is 2.84. The van der Waals surface area contributed by atoms with Crippen LogP contribution in [0.15, 0.2) is 24.3 Å². The first-order valence-electron chi connectivity index (χ1n) is 5.31. The summed E-state index contributed by atoms with van der Waals surface area (Å²) >= 11 is 2.16. The molecule has 2 rings (SSSR count). The second-order valence-electron chi connectivity index (χ2n) is 4.06. The normalized spacial score (nSPS) is 10.8. The molecule has 0 spiro atoms. The Morgan fingerprint density at radius 2 is 1.76 bits per heavy atom.